The minimum absolute atomic E-state index is 0.0745. The van der Waals surface area contributed by atoms with E-state index in [0.29, 0.717) is 12.1 Å². The van der Waals surface area contributed by atoms with Gasteiger partial charge in [-0.25, -0.2) is 0 Å². The van der Waals surface area contributed by atoms with Crippen molar-refractivity contribution in [3.8, 4) is 5.75 Å². The number of rotatable bonds is 5. The van der Waals surface area contributed by atoms with E-state index < -0.39 is 0 Å². The van der Waals surface area contributed by atoms with Crippen molar-refractivity contribution in [2.45, 2.75) is 6.54 Å². The smallest absolute Gasteiger partial charge is 0.258 e. The molecule has 0 spiro atoms. The van der Waals surface area contributed by atoms with Crippen molar-refractivity contribution in [2.24, 2.45) is 0 Å². The molecule has 1 amide bonds. The van der Waals surface area contributed by atoms with Gasteiger partial charge in [-0.2, -0.15) is 0 Å². The van der Waals surface area contributed by atoms with Gasteiger partial charge in [0.2, 0.25) is 0 Å². The molecular formula is C20H18N2O2. The van der Waals surface area contributed by atoms with Crippen LogP contribution in [0.3, 0.4) is 0 Å². The van der Waals surface area contributed by atoms with E-state index in [2.05, 4.69) is 4.98 Å². The predicted octanol–water partition coefficient (Wildman–Crippen LogP) is 3.94. The number of para-hydroxylation sites is 2. The minimum atomic E-state index is -0.0745. The number of hydrogen-bond acceptors (Lipinski definition) is 3. The molecule has 0 radical (unpaired) electrons. The van der Waals surface area contributed by atoms with Crippen LogP contribution in [0.2, 0.25) is 0 Å². The van der Waals surface area contributed by atoms with Crippen LogP contribution < -0.4 is 9.64 Å². The van der Waals surface area contributed by atoms with Crippen molar-refractivity contribution < 1.29 is 9.53 Å². The molecule has 0 aliphatic carbocycles. The number of anilines is 1. The zero-order valence-electron chi connectivity index (χ0n) is 13.4. The molecule has 0 N–H and O–H groups in total. The van der Waals surface area contributed by atoms with Gasteiger partial charge in [0.1, 0.15) is 5.75 Å². The number of carbonyl (C=O) groups excluding carboxylic acids is 1. The zero-order chi connectivity index (χ0) is 16.8. The Hall–Kier alpha value is -3.14. The lowest BCUT2D eigenvalue weighted by Gasteiger charge is -2.24. The summed E-state index contributed by atoms with van der Waals surface area (Å²) in [7, 11) is 1.64. The highest BCUT2D eigenvalue weighted by atomic mass is 16.5. The van der Waals surface area contributed by atoms with E-state index in [-0.39, 0.29) is 5.91 Å². The highest BCUT2D eigenvalue weighted by Crippen LogP contribution is 2.24. The number of aromatic nitrogens is 1. The summed E-state index contributed by atoms with van der Waals surface area (Å²) in [6.07, 6.45) is 3.25. The molecule has 2 aromatic carbocycles. The Labute approximate surface area is 141 Å². The van der Waals surface area contributed by atoms with Crippen LogP contribution in [-0.4, -0.2) is 18.0 Å². The molecule has 0 saturated carbocycles. The number of carbonyl (C=O) groups is 1. The molecule has 0 fully saturated rings. The second-order valence-electron chi connectivity index (χ2n) is 5.27. The molecule has 0 atom stereocenters. The average molecular weight is 318 g/mol. The molecule has 0 saturated heterocycles. The molecule has 1 heterocycles. The van der Waals surface area contributed by atoms with E-state index in [1.807, 2.05) is 54.6 Å². The van der Waals surface area contributed by atoms with Crippen molar-refractivity contribution in [2.75, 3.05) is 12.0 Å². The molecule has 24 heavy (non-hydrogen) atoms. The summed E-state index contributed by atoms with van der Waals surface area (Å²) < 4.78 is 5.42. The number of hydrogen-bond donors (Lipinski definition) is 0. The molecule has 0 unspecified atom stereocenters. The Morgan fingerprint density at radius 2 is 1.62 bits per heavy atom. The molecule has 0 aliphatic heterocycles. The molecular weight excluding hydrogens is 300 g/mol. The highest BCUT2D eigenvalue weighted by molar-refractivity contribution is 6.05. The van der Waals surface area contributed by atoms with E-state index in [4.69, 9.17) is 4.74 Å². The van der Waals surface area contributed by atoms with Crippen LogP contribution in [0.5, 0.6) is 5.75 Å². The second kappa shape index (κ2) is 7.42. The molecule has 4 heteroatoms. The lowest BCUT2D eigenvalue weighted by molar-refractivity contribution is 0.0985. The minimum Gasteiger partial charge on any atom is -0.496 e. The summed E-state index contributed by atoms with van der Waals surface area (Å²) in [5.74, 6) is 0.690. The summed E-state index contributed by atoms with van der Waals surface area (Å²) in [4.78, 5) is 18.7. The van der Waals surface area contributed by atoms with Crippen LogP contribution in [0.4, 0.5) is 5.69 Å². The van der Waals surface area contributed by atoms with Crippen LogP contribution in [-0.2, 0) is 6.54 Å². The van der Waals surface area contributed by atoms with E-state index in [0.717, 1.165) is 17.0 Å². The third kappa shape index (κ3) is 3.43. The Balaban J connectivity index is 1.98. The monoisotopic (exact) mass is 318 g/mol. The summed E-state index contributed by atoms with van der Waals surface area (Å²) in [6.45, 7) is 0.426. The molecule has 0 bridgehead atoms. The quantitative estimate of drug-likeness (QED) is 0.715. The maximum Gasteiger partial charge on any atom is 0.258 e. The van der Waals surface area contributed by atoms with Gasteiger partial charge in [0.05, 0.1) is 13.7 Å². The fourth-order valence-corrected chi connectivity index (χ4v) is 2.54. The van der Waals surface area contributed by atoms with Crippen molar-refractivity contribution in [3.63, 3.8) is 0 Å². The number of nitrogens with zero attached hydrogens (tertiary/aromatic N) is 2. The van der Waals surface area contributed by atoms with Gasteiger partial charge in [0.15, 0.2) is 0 Å². The van der Waals surface area contributed by atoms with Crippen LogP contribution in [0, 0.1) is 0 Å². The summed E-state index contributed by atoms with van der Waals surface area (Å²) >= 11 is 0. The van der Waals surface area contributed by atoms with Crippen LogP contribution in [0.25, 0.3) is 0 Å². The lowest BCUT2D eigenvalue weighted by atomic mass is 10.1. The van der Waals surface area contributed by atoms with Crippen LogP contribution in [0.15, 0.2) is 79.1 Å². The van der Waals surface area contributed by atoms with Gasteiger partial charge in [-0.1, -0.05) is 36.4 Å². The Morgan fingerprint density at radius 3 is 2.33 bits per heavy atom. The van der Waals surface area contributed by atoms with Gasteiger partial charge >= 0.3 is 0 Å². The van der Waals surface area contributed by atoms with Gasteiger partial charge in [-0.05, 0) is 30.3 Å². The van der Waals surface area contributed by atoms with E-state index >= 15 is 0 Å². The normalized spacial score (nSPS) is 10.2. The Morgan fingerprint density at radius 1 is 0.958 bits per heavy atom. The largest absolute Gasteiger partial charge is 0.496 e. The first-order valence-corrected chi connectivity index (χ1v) is 7.68. The Kier molecular flexibility index (Phi) is 4.87. The third-order valence-corrected chi connectivity index (χ3v) is 3.76. The van der Waals surface area contributed by atoms with Crippen molar-refractivity contribution in [1.29, 1.82) is 0 Å². The summed E-state index contributed by atoms with van der Waals surface area (Å²) in [5, 5.41) is 0. The van der Waals surface area contributed by atoms with E-state index in [1.54, 1.807) is 36.5 Å². The first kappa shape index (κ1) is 15.7. The van der Waals surface area contributed by atoms with Gasteiger partial charge in [0, 0.05) is 29.2 Å². The zero-order valence-corrected chi connectivity index (χ0v) is 13.4. The predicted molar refractivity (Wildman–Crippen MR) is 94.2 cm³/mol. The van der Waals surface area contributed by atoms with Crippen LogP contribution >= 0.6 is 0 Å². The average Bonchev–Trinajstić information content (AvgIpc) is 2.67. The molecule has 120 valence electrons. The van der Waals surface area contributed by atoms with Crippen LogP contribution in [0.1, 0.15) is 15.9 Å². The SMILES string of the molecule is COc1ccccc1CN(C(=O)c1ccncc1)c1ccccc1. The van der Waals surface area contributed by atoms with Gasteiger partial charge < -0.3 is 9.64 Å². The number of benzene rings is 2. The molecule has 0 aliphatic rings. The summed E-state index contributed by atoms with van der Waals surface area (Å²) in [6, 6.07) is 20.8. The maximum atomic E-state index is 13.0. The van der Waals surface area contributed by atoms with Gasteiger partial charge in [0.25, 0.3) is 5.91 Å². The van der Waals surface area contributed by atoms with Gasteiger partial charge in [-0.3, -0.25) is 9.78 Å². The first-order chi connectivity index (χ1) is 11.8. The highest BCUT2D eigenvalue weighted by Gasteiger charge is 2.19. The van der Waals surface area contributed by atoms with Crippen molar-refractivity contribution in [3.05, 3.63) is 90.3 Å². The maximum absolute atomic E-state index is 13.0. The number of methoxy groups -OCH3 is 1. The topological polar surface area (TPSA) is 42.4 Å². The van der Waals surface area contributed by atoms with Crippen molar-refractivity contribution in [1.82, 2.24) is 4.98 Å². The number of pyridine rings is 1. The molecule has 1 aromatic heterocycles. The third-order valence-electron chi connectivity index (χ3n) is 3.76. The fourth-order valence-electron chi connectivity index (χ4n) is 2.54. The van der Waals surface area contributed by atoms with E-state index in [9.17, 15) is 4.79 Å². The Bertz CT molecular complexity index is 804. The number of ether oxygens (including phenoxy) is 1. The molecule has 4 nitrogen and oxygen atoms in total. The van der Waals surface area contributed by atoms with E-state index in [1.165, 1.54) is 0 Å². The standard InChI is InChI=1S/C20H18N2O2/c1-24-19-10-6-5-7-17(19)15-22(18-8-3-2-4-9-18)20(23)16-11-13-21-14-12-16/h2-14H,15H2,1H3. The number of amides is 1. The molecule has 3 rings (SSSR count). The van der Waals surface area contributed by atoms with Crippen molar-refractivity contribution >= 4 is 11.6 Å². The van der Waals surface area contributed by atoms with Gasteiger partial charge in [-0.15, -0.1) is 0 Å². The first-order valence-electron chi connectivity index (χ1n) is 7.68. The lowest BCUT2D eigenvalue weighted by Crippen LogP contribution is -2.30. The molecule has 3 aromatic rings. The second-order valence-corrected chi connectivity index (χ2v) is 5.27. The summed E-state index contributed by atoms with van der Waals surface area (Å²) in [5.41, 5.74) is 2.39. The fraction of sp³-hybridized carbons (Fsp3) is 0.100.